The quantitative estimate of drug-likeness (QED) is 0.188. The van der Waals surface area contributed by atoms with E-state index in [9.17, 15) is 13.2 Å². The second kappa shape index (κ2) is 11.2. The molecule has 3 rings (SSSR count). The topological polar surface area (TPSA) is 161 Å². The standard InChI is InChI=1S/C25H29N5O4S/c1-16(2)35(33,34)20-9-7-19(8-10-20)22-15-29-25(27)24(30-22)23(32)13-21(26)18-5-3-17(4-6-18)14-28-11-12-31/h3-10,13,15-16,28,31H,11-12,14,26H2,1-2H3,(H2,27,29). The van der Waals surface area contributed by atoms with Crippen molar-refractivity contribution < 1.29 is 18.3 Å². The van der Waals surface area contributed by atoms with Crippen molar-refractivity contribution in [2.75, 3.05) is 18.9 Å². The Bertz CT molecular complexity index is 1320. The molecule has 6 N–H and O–H groups in total. The number of sulfone groups is 1. The number of rotatable bonds is 10. The molecule has 2 aromatic carbocycles. The summed E-state index contributed by atoms with van der Waals surface area (Å²) in [5.74, 6) is -0.533. The van der Waals surface area contributed by atoms with Gasteiger partial charge in [-0.2, -0.15) is 0 Å². The Kier molecular flexibility index (Phi) is 8.34. The van der Waals surface area contributed by atoms with Gasteiger partial charge in [-0.3, -0.25) is 4.79 Å². The van der Waals surface area contributed by atoms with Gasteiger partial charge in [-0.15, -0.1) is 0 Å². The first-order valence-electron chi connectivity index (χ1n) is 11.0. The second-order valence-electron chi connectivity index (χ2n) is 8.17. The van der Waals surface area contributed by atoms with Gasteiger partial charge in [0, 0.05) is 30.4 Å². The summed E-state index contributed by atoms with van der Waals surface area (Å²) in [6, 6.07) is 13.6. The van der Waals surface area contributed by atoms with Gasteiger partial charge in [-0.1, -0.05) is 36.4 Å². The molecule has 0 saturated carbocycles. The SMILES string of the molecule is CC(C)S(=O)(=O)c1ccc(-c2cnc(N)c(C(=O)C=C(N)c3ccc(CNCCO)cc3)n2)cc1. The van der Waals surface area contributed by atoms with Crippen molar-refractivity contribution in [2.45, 2.75) is 30.5 Å². The lowest BCUT2D eigenvalue weighted by Gasteiger charge is -2.09. The Morgan fingerprint density at radius 3 is 2.37 bits per heavy atom. The summed E-state index contributed by atoms with van der Waals surface area (Å²) in [5.41, 5.74) is 14.9. The highest BCUT2D eigenvalue weighted by Crippen LogP contribution is 2.23. The lowest BCUT2D eigenvalue weighted by molar-refractivity contribution is 0.104. The third-order valence-corrected chi connectivity index (χ3v) is 7.50. The number of anilines is 1. The van der Waals surface area contributed by atoms with Crippen LogP contribution in [0.4, 0.5) is 5.82 Å². The number of hydrogen-bond donors (Lipinski definition) is 4. The highest BCUT2D eigenvalue weighted by atomic mass is 32.2. The predicted molar refractivity (Wildman–Crippen MR) is 136 cm³/mol. The molecule has 0 spiro atoms. The molecule has 0 atom stereocenters. The van der Waals surface area contributed by atoms with Crippen molar-refractivity contribution in [1.82, 2.24) is 15.3 Å². The molecule has 0 bridgehead atoms. The zero-order valence-corrected chi connectivity index (χ0v) is 20.4. The van der Waals surface area contributed by atoms with Crippen LogP contribution in [-0.2, 0) is 16.4 Å². The van der Waals surface area contributed by atoms with E-state index in [2.05, 4.69) is 15.3 Å². The molecule has 0 amide bonds. The van der Waals surface area contributed by atoms with Crippen molar-refractivity contribution >= 4 is 27.1 Å². The van der Waals surface area contributed by atoms with E-state index in [-0.39, 0.29) is 28.7 Å². The minimum absolute atomic E-state index is 0.0351. The van der Waals surface area contributed by atoms with Gasteiger partial charge < -0.3 is 21.9 Å². The first kappa shape index (κ1) is 26.0. The van der Waals surface area contributed by atoms with Crippen LogP contribution < -0.4 is 16.8 Å². The van der Waals surface area contributed by atoms with Gasteiger partial charge in [0.05, 0.1) is 28.6 Å². The molecule has 0 aliphatic rings. The third kappa shape index (κ3) is 6.30. The summed E-state index contributed by atoms with van der Waals surface area (Å²) in [4.78, 5) is 21.5. The molecule has 10 heteroatoms. The number of nitrogens with two attached hydrogens (primary N) is 2. The smallest absolute Gasteiger partial charge is 0.210 e. The number of nitrogens with one attached hydrogen (secondary N) is 1. The second-order valence-corrected chi connectivity index (χ2v) is 10.7. The Labute approximate surface area is 204 Å². The van der Waals surface area contributed by atoms with Crippen LogP contribution in [0.3, 0.4) is 0 Å². The maximum Gasteiger partial charge on any atom is 0.210 e. The van der Waals surface area contributed by atoms with E-state index < -0.39 is 20.9 Å². The maximum absolute atomic E-state index is 12.9. The van der Waals surface area contributed by atoms with Crippen LogP contribution in [0.2, 0.25) is 0 Å². The highest BCUT2D eigenvalue weighted by Gasteiger charge is 2.19. The van der Waals surface area contributed by atoms with E-state index in [1.54, 1.807) is 38.1 Å². The maximum atomic E-state index is 12.9. The van der Waals surface area contributed by atoms with Crippen LogP contribution in [0.1, 0.15) is 35.5 Å². The molecular weight excluding hydrogens is 466 g/mol. The molecule has 1 aromatic heterocycles. The molecule has 0 fully saturated rings. The molecule has 9 nitrogen and oxygen atoms in total. The van der Waals surface area contributed by atoms with Gasteiger partial charge in [0.2, 0.25) is 5.78 Å². The van der Waals surface area contributed by atoms with E-state index >= 15 is 0 Å². The van der Waals surface area contributed by atoms with Crippen molar-refractivity contribution in [3.05, 3.63) is 77.6 Å². The first-order chi connectivity index (χ1) is 16.6. The van der Waals surface area contributed by atoms with Gasteiger partial charge in [0.15, 0.2) is 21.3 Å². The molecule has 1 heterocycles. The zero-order chi connectivity index (χ0) is 25.6. The number of hydrogen-bond acceptors (Lipinski definition) is 9. The number of benzene rings is 2. The molecule has 0 aliphatic carbocycles. The highest BCUT2D eigenvalue weighted by molar-refractivity contribution is 7.92. The van der Waals surface area contributed by atoms with E-state index in [4.69, 9.17) is 16.6 Å². The molecule has 35 heavy (non-hydrogen) atoms. The van der Waals surface area contributed by atoms with Crippen LogP contribution >= 0.6 is 0 Å². The third-order valence-electron chi connectivity index (χ3n) is 5.32. The fraction of sp³-hybridized carbons (Fsp3) is 0.240. The number of aromatic nitrogens is 2. The molecule has 0 aliphatic heterocycles. The Balaban J connectivity index is 1.81. The van der Waals surface area contributed by atoms with Crippen molar-refractivity contribution in [3.63, 3.8) is 0 Å². The normalized spacial score (nSPS) is 12.2. The summed E-state index contributed by atoms with van der Waals surface area (Å²) in [6.07, 6.45) is 2.68. The fourth-order valence-electron chi connectivity index (χ4n) is 3.23. The molecule has 0 unspecified atom stereocenters. The van der Waals surface area contributed by atoms with Crippen LogP contribution in [0.5, 0.6) is 0 Å². The number of nitrogens with zero attached hydrogens (tertiary/aromatic N) is 2. The predicted octanol–water partition coefficient (Wildman–Crippen LogP) is 2.17. The summed E-state index contributed by atoms with van der Waals surface area (Å²) in [5, 5.41) is 11.4. The van der Waals surface area contributed by atoms with Gasteiger partial charge >= 0.3 is 0 Å². The molecule has 0 saturated heterocycles. The summed E-state index contributed by atoms with van der Waals surface area (Å²) in [7, 11) is -3.40. The lowest BCUT2D eigenvalue weighted by Crippen LogP contribution is -2.17. The van der Waals surface area contributed by atoms with Gasteiger partial charge in [-0.05, 0) is 37.1 Å². The number of carbonyl (C=O) groups excluding carboxylic acids is 1. The average molecular weight is 496 g/mol. The number of carbonyl (C=O) groups is 1. The molecular formula is C25H29N5O4S. The van der Waals surface area contributed by atoms with Crippen LogP contribution in [0.15, 0.2) is 65.7 Å². The van der Waals surface area contributed by atoms with Gasteiger partial charge in [0.1, 0.15) is 0 Å². The minimum Gasteiger partial charge on any atom is -0.398 e. The van der Waals surface area contributed by atoms with Crippen LogP contribution in [0.25, 0.3) is 17.0 Å². The lowest BCUT2D eigenvalue weighted by atomic mass is 10.1. The van der Waals surface area contributed by atoms with E-state index in [1.165, 1.54) is 24.4 Å². The van der Waals surface area contributed by atoms with Crippen molar-refractivity contribution in [2.24, 2.45) is 5.73 Å². The van der Waals surface area contributed by atoms with E-state index in [0.717, 1.165) is 5.56 Å². The van der Waals surface area contributed by atoms with E-state index in [1.807, 2.05) is 12.1 Å². The summed E-state index contributed by atoms with van der Waals surface area (Å²) < 4.78 is 24.7. The van der Waals surface area contributed by atoms with Gasteiger partial charge in [0.25, 0.3) is 0 Å². The average Bonchev–Trinajstić information content (AvgIpc) is 2.84. The number of ketones is 1. The monoisotopic (exact) mass is 495 g/mol. The molecule has 3 aromatic rings. The molecule has 0 radical (unpaired) electrons. The van der Waals surface area contributed by atoms with Crippen molar-refractivity contribution in [3.8, 4) is 11.3 Å². The first-order valence-corrected chi connectivity index (χ1v) is 12.6. The van der Waals surface area contributed by atoms with Gasteiger partial charge in [-0.25, -0.2) is 18.4 Å². The van der Waals surface area contributed by atoms with Crippen LogP contribution in [0, 0.1) is 0 Å². The summed E-state index contributed by atoms with van der Waals surface area (Å²) >= 11 is 0. The summed E-state index contributed by atoms with van der Waals surface area (Å²) in [6.45, 7) is 4.41. The number of nitrogen functional groups attached to an aromatic ring is 1. The van der Waals surface area contributed by atoms with Crippen LogP contribution in [-0.4, -0.2) is 47.7 Å². The molecule has 184 valence electrons. The zero-order valence-electron chi connectivity index (χ0n) is 19.6. The Hall–Kier alpha value is -3.60. The van der Waals surface area contributed by atoms with Crippen molar-refractivity contribution in [1.29, 1.82) is 0 Å². The number of allylic oxidation sites excluding steroid dienone is 1. The largest absolute Gasteiger partial charge is 0.398 e. The Morgan fingerprint density at radius 1 is 1.11 bits per heavy atom. The van der Waals surface area contributed by atoms with E-state index in [0.29, 0.717) is 29.9 Å². The fourth-order valence-corrected chi connectivity index (χ4v) is 4.29. The number of aliphatic hydroxyl groups excluding tert-OH is 1. The minimum atomic E-state index is -3.40. The number of aliphatic hydroxyl groups is 1. The Morgan fingerprint density at radius 2 is 1.77 bits per heavy atom.